The van der Waals surface area contributed by atoms with Crippen LogP contribution in [0.5, 0.6) is 0 Å². The summed E-state index contributed by atoms with van der Waals surface area (Å²) in [6, 6.07) is 20.1. The van der Waals surface area contributed by atoms with Crippen molar-refractivity contribution >= 4 is 39.1 Å². The number of halogens is 2. The van der Waals surface area contributed by atoms with E-state index >= 15 is 0 Å². The van der Waals surface area contributed by atoms with Crippen LogP contribution in [0, 0.1) is 5.82 Å². The highest BCUT2D eigenvalue weighted by atomic mass is 35.5. The van der Waals surface area contributed by atoms with Crippen LogP contribution in [0.3, 0.4) is 0 Å². The first kappa shape index (κ1) is 24.1. The summed E-state index contributed by atoms with van der Waals surface area (Å²) in [5, 5.41) is 0.423. The molecule has 0 amide bonds. The Morgan fingerprint density at radius 2 is 1.67 bits per heavy atom. The lowest BCUT2D eigenvalue weighted by atomic mass is 9.89. The molecule has 1 aliphatic rings. The maximum Gasteiger partial charge on any atom is 0.242 e. The summed E-state index contributed by atoms with van der Waals surface area (Å²) in [7, 11) is -0.391. The molecular formula is C25H26ClFN2O2S2. The molecule has 1 aliphatic heterocycles. The molecule has 174 valence electrons. The highest BCUT2D eigenvalue weighted by molar-refractivity contribution is 7.99. The van der Waals surface area contributed by atoms with Crippen LogP contribution >= 0.6 is 23.4 Å². The lowest BCUT2D eigenvalue weighted by Gasteiger charge is -2.35. The van der Waals surface area contributed by atoms with Crippen molar-refractivity contribution in [2.75, 3.05) is 32.1 Å². The van der Waals surface area contributed by atoms with E-state index in [1.807, 2.05) is 30.3 Å². The first-order valence-electron chi connectivity index (χ1n) is 10.7. The summed E-state index contributed by atoms with van der Waals surface area (Å²) in [6.45, 7) is 1.68. The van der Waals surface area contributed by atoms with E-state index in [1.165, 1.54) is 24.5 Å². The predicted octanol–water partition coefficient (Wildman–Crippen LogP) is 6.26. The molecule has 1 saturated heterocycles. The van der Waals surface area contributed by atoms with Crippen molar-refractivity contribution in [2.24, 2.45) is 0 Å². The summed E-state index contributed by atoms with van der Waals surface area (Å²) in [4.78, 5) is 4.70. The molecule has 1 heterocycles. The van der Waals surface area contributed by atoms with Crippen LogP contribution in [0.1, 0.15) is 24.3 Å². The molecule has 3 aromatic carbocycles. The summed E-state index contributed by atoms with van der Waals surface area (Å²) in [5.41, 5.74) is 1.89. The van der Waals surface area contributed by atoms with Gasteiger partial charge in [0.05, 0.1) is 10.6 Å². The molecular weight excluding hydrogens is 479 g/mol. The molecule has 1 fully saturated rings. The van der Waals surface area contributed by atoms with Crippen molar-refractivity contribution in [3.63, 3.8) is 0 Å². The number of piperidine rings is 1. The van der Waals surface area contributed by atoms with Gasteiger partial charge in [0.15, 0.2) is 0 Å². The van der Waals surface area contributed by atoms with E-state index in [9.17, 15) is 12.8 Å². The van der Waals surface area contributed by atoms with Crippen molar-refractivity contribution in [3.05, 3.63) is 83.1 Å². The van der Waals surface area contributed by atoms with Crippen molar-refractivity contribution in [1.82, 2.24) is 4.31 Å². The molecule has 0 radical (unpaired) electrons. The largest absolute Gasteiger partial charge is 0.371 e. The van der Waals surface area contributed by atoms with Crippen molar-refractivity contribution in [2.45, 2.75) is 33.4 Å². The second-order valence-corrected chi connectivity index (χ2v) is 12.0. The number of hydrogen-bond donors (Lipinski definition) is 0. The number of sulfonamides is 1. The van der Waals surface area contributed by atoms with E-state index in [2.05, 4.69) is 17.0 Å². The van der Waals surface area contributed by atoms with Crippen LogP contribution in [0.2, 0.25) is 5.02 Å². The molecule has 4 nitrogen and oxygen atoms in total. The zero-order valence-electron chi connectivity index (χ0n) is 18.5. The van der Waals surface area contributed by atoms with Gasteiger partial charge in [0.1, 0.15) is 5.82 Å². The second kappa shape index (κ2) is 10.1. The summed E-state index contributed by atoms with van der Waals surface area (Å²) in [5.74, 6) is -0.0406. The third kappa shape index (κ3) is 5.38. The maximum absolute atomic E-state index is 14.4. The zero-order valence-corrected chi connectivity index (χ0v) is 20.9. The Labute approximate surface area is 204 Å². The Kier molecular flexibility index (Phi) is 7.34. The summed E-state index contributed by atoms with van der Waals surface area (Å²) < 4.78 is 40.2. The number of rotatable bonds is 6. The Bertz CT molecular complexity index is 1230. The fourth-order valence-electron chi connectivity index (χ4n) is 4.09. The maximum atomic E-state index is 14.4. The molecule has 0 N–H and O–H groups in total. The van der Waals surface area contributed by atoms with Gasteiger partial charge in [-0.1, -0.05) is 41.6 Å². The summed E-state index contributed by atoms with van der Waals surface area (Å²) >= 11 is 7.52. The van der Waals surface area contributed by atoms with Crippen molar-refractivity contribution < 1.29 is 12.8 Å². The van der Waals surface area contributed by atoms with Gasteiger partial charge in [-0.25, -0.2) is 17.1 Å². The number of nitrogens with zero attached hydrogens (tertiary/aromatic N) is 2. The average molecular weight is 505 g/mol. The van der Waals surface area contributed by atoms with E-state index in [1.54, 1.807) is 30.0 Å². The molecule has 3 aromatic rings. The normalized spacial score (nSPS) is 15.2. The van der Waals surface area contributed by atoms with Gasteiger partial charge in [-0.3, -0.25) is 0 Å². The quantitative estimate of drug-likeness (QED) is 0.397. The Morgan fingerprint density at radius 1 is 1.00 bits per heavy atom. The molecule has 0 bridgehead atoms. The van der Waals surface area contributed by atoms with Crippen LogP contribution in [0.25, 0.3) is 0 Å². The molecule has 0 spiro atoms. The lowest BCUT2D eigenvalue weighted by Crippen LogP contribution is -2.33. The van der Waals surface area contributed by atoms with Gasteiger partial charge >= 0.3 is 0 Å². The molecule has 0 saturated carbocycles. The third-order valence-corrected chi connectivity index (χ3v) is 9.07. The van der Waals surface area contributed by atoms with E-state index in [0.29, 0.717) is 5.02 Å². The van der Waals surface area contributed by atoms with E-state index < -0.39 is 10.0 Å². The van der Waals surface area contributed by atoms with E-state index in [0.717, 1.165) is 47.0 Å². The smallest absolute Gasteiger partial charge is 0.242 e. The minimum absolute atomic E-state index is 0.185. The van der Waals surface area contributed by atoms with Gasteiger partial charge < -0.3 is 4.90 Å². The first-order valence-corrected chi connectivity index (χ1v) is 13.4. The Balaban J connectivity index is 1.47. The Morgan fingerprint density at radius 3 is 2.30 bits per heavy atom. The highest BCUT2D eigenvalue weighted by Gasteiger charge is 2.24. The Hall–Kier alpha value is -2.06. The molecule has 0 unspecified atom stereocenters. The topological polar surface area (TPSA) is 40.6 Å². The van der Waals surface area contributed by atoms with Gasteiger partial charge in [-0.05, 0) is 72.9 Å². The van der Waals surface area contributed by atoms with Gasteiger partial charge in [-0.15, -0.1) is 0 Å². The third-order valence-electron chi connectivity index (χ3n) is 5.93. The van der Waals surface area contributed by atoms with Crippen LogP contribution in [-0.4, -0.2) is 39.9 Å². The van der Waals surface area contributed by atoms with Gasteiger partial charge in [0.2, 0.25) is 10.0 Å². The predicted molar refractivity (Wildman–Crippen MR) is 133 cm³/mol. The van der Waals surface area contributed by atoms with E-state index in [-0.39, 0.29) is 16.6 Å². The number of hydrogen-bond acceptors (Lipinski definition) is 4. The van der Waals surface area contributed by atoms with E-state index in [4.69, 9.17) is 11.6 Å². The van der Waals surface area contributed by atoms with Crippen molar-refractivity contribution in [1.29, 1.82) is 0 Å². The lowest BCUT2D eigenvalue weighted by molar-refractivity contribution is 0.481. The average Bonchev–Trinajstić information content (AvgIpc) is 2.80. The second-order valence-electron chi connectivity index (χ2n) is 8.26. The fraction of sp³-hybridized carbons (Fsp3) is 0.280. The van der Waals surface area contributed by atoms with Crippen LogP contribution in [0.15, 0.2) is 81.4 Å². The van der Waals surface area contributed by atoms with Crippen LogP contribution in [0.4, 0.5) is 10.1 Å². The van der Waals surface area contributed by atoms with Crippen LogP contribution in [-0.2, 0) is 10.0 Å². The highest BCUT2D eigenvalue weighted by Crippen LogP contribution is 2.39. The standard InChI is InChI=1S/C25H26ClFN2O2S2/c1-28(2)33(30,31)21-10-8-20(9-11-21)32-25-6-4-3-5-24(25)29-15-13-18(14-16-29)22-12-7-19(26)17-23(22)27/h3-12,17-18H,13-16H2,1-2H3. The molecule has 0 aromatic heterocycles. The molecule has 0 atom stereocenters. The minimum Gasteiger partial charge on any atom is -0.371 e. The van der Waals surface area contributed by atoms with Gasteiger partial charge in [0.25, 0.3) is 0 Å². The van der Waals surface area contributed by atoms with Gasteiger partial charge in [-0.2, -0.15) is 0 Å². The van der Waals surface area contributed by atoms with Gasteiger partial charge in [0, 0.05) is 42.0 Å². The zero-order chi connectivity index (χ0) is 23.6. The molecule has 0 aliphatic carbocycles. The molecule has 33 heavy (non-hydrogen) atoms. The minimum atomic E-state index is -3.44. The number of para-hydroxylation sites is 1. The van der Waals surface area contributed by atoms with Crippen LogP contribution < -0.4 is 4.90 Å². The van der Waals surface area contributed by atoms with Crippen molar-refractivity contribution in [3.8, 4) is 0 Å². The molecule has 8 heteroatoms. The number of anilines is 1. The monoisotopic (exact) mass is 504 g/mol. The SMILES string of the molecule is CN(C)S(=O)(=O)c1ccc(Sc2ccccc2N2CCC(c3ccc(Cl)cc3F)CC2)cc1. The first-order chi connectivity index (χ1) is 15.8. The number of benzene rings is 3. The summed E-state index contributed by atoms with van der Waals surface area (Å²) in [6.07, 6.45) is 1.74. The fourth-order valence-corrected chi connectivity index (χ4v) is 6.12. The molecule has 4 rings (SSSR count).